The predicted octanol–water partition coefficient (Wildman–Crippen LogP) is 10.9. The fraction of sp³-hybridized carbons (Fsp3) is 0.100. The Morgan fingerprint density at radius 2 is 0.885 bits per heavy atom. The van der Waals surface area contributed by atoms with Crippen LogP contribution in [-0.2, 0) is 42.6 Å². The van der Waals surface area contributed by atoms with Gasteiger partial charge in [0.1, 0.15) is 49.5 Å². The molecule has 28 heteroatoms. The molecule has 20 nitrogen and oxygen atoms in total. The van der Waals surface area contributed by atoms with Gasteiger partial charge in [-0.15, -0.1) is 0 Å². The highest BCUT2D eigenvalue weighted by Crippen LogP contribution is 2.37. The van der Waals surface area contributed by atoms with Crippen LogP contribution in [0.5, 0.6) is 28.7 Å². The smallest absolute Gasteiger partial charge is 0.353 e. The van der Waals surface area contributed by atoms with Crippen LogP contribution >= 0.6 is 56.2 Å². The Labute approximate surface area is 472 Å². The molecular formula is C50H45Cl5N2O18S3. The third-order valence-corrected chi connectivity index (χ3v) is 13.1. The van der Waals surface area contributed by atoms with Gasteiger partial charge in [-0.1, -0.05) is 108 Å². The SMILES string of the molecule is COC(=O)c1cc(Cl)cc(S(=O)(=O)Cl)c1O.COC(=O)c1cc(Cl)cc(S(=O)(=O)Nc2cc(-c3ccccc3)ccc2OC)c1O.COC(=O)c1cc(Cl)ccc1O.COc1ccc(-c2ccccc2)cc1N.O=S(=O)(O)Cl. The van der Waals surface area contributed by atoms with Crippen molar-refractivity contribution in [3.8, 4) is 51.0 Å². The Morgan fingerprint density at radius 1 is 0.487 bits per heavy atom. The van der Waals surface area contributed by atoms with Gasteiger partial charge >= 0.3 is 27.2 Å². The molecule has 0 aliphatic carbocycles. The highest BCUT2D eigenvalue weighted by Gasteiger charge is 2.27. The summed E-state index contributed by atoms with van der Waals surface area (Å²) in [7, 11) is 2.84. The van der Waals surface area contributed by atoms with Crippen LogP contribution in [0, 0.1) is 0 Å². The average molecular weight is 1240 g/mol. The first-order valence-electron chi connectivity index (χ1n) is 21.1. The quantitative estimate of drug-likeness (QED) is 0.0230. The van der Waals surface area contributed by atoms with Gasteiger partial charge in [0.05, 0.1) is 46.9 Å². The Bertz CT molecular complexity index is 3590. The summed E-state index contributed by atoms with van der Waals surface area (Å²) in [4.78, 5) is 32.8. The van der Waals surface area contributed by atoms with E-state index in [4.69, 9.17) is 73.7 Å². The molecule has 7 rings (SSSR count). The normalized spacial score (nSPS) is 10.7. The monoisotopic (exact) mass is 1230 g/mol. The highest BCUT2D eigenvalue weighted by atomic mass is 35.7. The van der Waals surface area contributed by atoms with Crippen molar-refractivity contribution < 1.29 is 83.2 Å². The maximum absolute atomic E-state index is 13.0. The minimum Gasteiger partial charge on any atom is -0.507 e. The fourth-order valence-electron chi connectivity index (χ4n) is 6.19. The zero-order chi connectivity index (χ0) is 58.7. The van der Waals surface area contributed by atoms with E-state index >= 15 is 0 Å². The number of nitrogens with two attached hydrogens (primary N) is 1. The predicted molar refractivity (Wildman–Crippen MR) is 296 cm³/mol. The van der Waals surface area contributed by atoms with Crippen LogP contribution in [0.1, 0.15) is 31.1 Å². The number of methoxy groups -OCH3 is 5. The van der Waals surface area contributed by atoms with Crippen molar-refractivity contribution in [3.63, 3.8) is 0 Å². The van der Waals surface area contributed by atoms with E-state index in [2.05, 4.69) is 41.7 Å². The fourth-order valence-corrected chi connectivity index (χ4v) is 9.10. The van der Waals surface area contributed by atoms with Crippen LogP contribution in [0.15, 0.2) is 149 Å². The lowest BCUT2D eigenvalue weighted by molar-refractivity contribution is 0.0587. The third-order valence-electron chi connectivity index (χ3n) is 9.69. The number of halogens is 5. The summed E-state index contributed by atoms with van der Waals surface area (Å²) in [5.74, 6) is -3.14. The molecule has 0 aliphatic rings. The van der Waals surface area contributed by atoms with E-state index < -0.39 is 67.6 Å². The summed E-state index contributed by atoms with van der Waals surface area (Å²) < 4.78 is 99.4. The average Bonchev–Trinajstić information content (AvgIpc) is 3.40. The molecule has 0 spiro atoms. The number of phenols is 3. The zero-order valence-corrected chi connectivity index (χ0v) is 47.2. The molecule has 0 saturated heterocycles. The van der Waals surface area contributed by atoms with Gasteiger partial charge in [0, 0.05) is 36.4 Å². The molecule has 7 N–H and O–H groups in total. The van der Waals surface area contributed by atoms with Crippen LogP contribution < -0.4 is 19.9 Å². The van der Waals surface area contributed by atoms with Gasteiger partial charge in [-0.3, -0.25) is 9.27 Å². The number of ether oxygens (including phenoxy) is 5. The molecule has 0 heterocycles. The van der Waals surface area contributed by atoms with Crippen LogP contribution in [0.25, 0.3) is 22.3 Å². The second kappa shape index (κ2) is 29.5. The summed E-state index contributed by atoms with van der Waals surface area (Å²) in [5.41, 5.74) is 9.89. The molecule has 0 aliphatic heterocycles. The van der Waals surface area contributed by atoms with Crippen molar-refractivity contribution in [2.75, 3.05) is 46.0 Å². The lowest BCUT2D eigenvalue weighted by Gasteiger charge is -2.15. The van der Waals surface area contributed by atoms with E-state index in [1.165, 1.54) is 32.4 Å². The number of hydrogen-bond donors (Lipinski definition) is 6. The van der Waals surface area contributed by atoms with Gasteiger partial charge < -0.3 is 44.7 Å². The lowest BCUT2D eigenvalue weighted by atomic mass is 10.1. The number of carbonyl (C=O) groups excluding carboxylic acids is 3. The molecule has 0 bridgehead atoms. The Balaban J connectivity index is 0.000000283. The van der Waals surface area contributed by atoms with E-state index in [-0.39, 0.29) is 43.9 Å². The number of anilines is 2. The number of nitrogens with one attached hydrogen (secondary N) is 1. The minimum absolute atomic E-state index is 0.0569. The Morgan fingerprint density at radius 3 is 1.31 bits per heavy atom. The molecule has 0 saturated carbocycles. The Hall–Kier alpha value is -7.19. The zero-order valence-electron chi connectivity index (χ0n) is 41.0. The van der Waals surface area contributed by atoms with Crippen molar-refractivity contribution in [2.45, 2.75) is 9.79 Å². The van der Waals surface area contributed by atoms with Gasteiger partial charge in [0.2, 0.25) is 0 Å². The molecule has 0 amide bonds. The van der Waals surface area contributed by atoms with Crippen molar-refractivity contribution >= 4 is 114 Å². The largest absolute Gasteiger partial charge is 0.507 e. The number of sulfonamides is 1. The van der Waals surface area contributed by atoms with Crippen LogP contribution in [0.3, 0.4) is 0 Å². The number of hydrogen-bond acceptors (Lipinski definition) is 18. The van der Waals surface area contributed by atoms with E-state index in [0.29, 0.717) is 10.7 Å². The Kier molecular flexibility index (Phi) is 24.6. The first-order valence-corrected chi connectivity index (χ1v) is 28.3. The first-order chi connectivity index (χ1) is 36.5. The van der Waals surface area contributed by atoms with Crippen molar-refractivity contribution in [2.24, 2.45) is 0 Å². The molecule has 0 fully saturated rings. The topological polar surface area (TPSA) is 319 Å². The van der Waals surface area contributed by atoms with Crippen molar-refractivity contribution in [3.05, 3.63) is 171 Å². The minimum atomic E-state index is -4.33. The van der Waals surface area contributed by atoms with Gasteiger partial charge in [0.15, 0.2) is 5.75 Å². The molecule has 0 radical (unpaired) electrons. The second-order valence-corrected chi connectivity index (χ2v) is 22.3. The summed E-state index contributed by atoms with van der Waals surface area (Å²) in [6, 6.07) is 38.7. The number of aromatic hydroxyl groups is 3. The van der Waals surface area contributed by atoms with E-state index in [1.807, 2.05) is 66.7 Å². The molecule has 0 unspecified atom stereocenters. The first kappa shape index (κ1) is 65.1. The van der Waals surface area contributed by atoms with Crippen molar-refractivity contribution in [1.82, 2.24) is 0 Å². The van der Waals surface area contributed by atoms with Crippen LogP contribution in [-0.4, -0.2) is 98.6 Å². The standard InChI is InChI=1S/C21H18ClNO6S.C13H13NO.C8H6Cl2O5S.C8H7ClO3.ClHO3S/c1-28-18-9-8-14(13-6-4-3-5-7-13)10-17(18)23-30(26,27)19-12-15(22)11-16(20(19)24)21(25)29-2;1-15-13-8-7-11(9-12(13)14)10-5-3-2-4-6-10;1-15-8(12)5-2-4(9)3-6(7(5)11)16(10,13)14;1-12-8(11)6-4-5(9)2-3-7(6)10;1-5(2,3)4/h3-12,23-24H,1-2H3;2-9H,14H2,1H3;2-3,11H,1H3;2-4,10H,1H3;(H,2,3,4). The summed E-state index contributed by atoms with van der Waals surface area (Å²) in [6.45, 7) is 0. The number of benzene rings is 7. The number of nitrogen functional groups attached to an aromatic ring is 1. The van der Waals surface area contributed by atoms with Gasteiger partial charge in [-0.25, -0.2) is 31.2 Å². The van der Waals surface area contributed by atoms with E-state index in [9.17, 15) is 46.5 Å². The lowest BCUT2D eigenvalue weighted by Crippen LogP contribution is -2.15. The number of esters is 3. The van der Waals surface area contributed by atoms with Crippen LogP contribution in [0.2, 0.25) is 15.1 Å². The summed E-state index contributed by atoms with van der Waals surface area (Å²) in [5, 5.41) is 29.3. The van der Waals surface area contributed by atoms with Gasteiger partial charge in [-0.2, -0.15) is 8.42 Å². The van der Waals surface area contributed by atoms with Gasteiger partial charge in [0.25, 0.3) is 19.1 Å². The molecule has 7 aromatic carbocycles. The molecule has 0 aromatic heterocycles. The molecule has 7 aromatic rings. The maximum atomic E-state index is 13.0. The summed E-state index contributed by atoms with van der Waals surface area (Å²) >= 11 is 17.1. The molecule has 0 atom stereocenters. The third kappa shape index (κ3) is 19.7. The molecular weight excluding hydrogens is 1190 g/mol. The summed E-state index contributed by atoms with van der Waals surface area (Å²) in [6.07, 6.45) is 0. The van der Waals surface area contributed by atoms with Crippen molar-refractivity contribution in [1.29, 1.82) is 0 Å². The highest BCUT2D eigenvalue weighted by molar-refractivity contribution is 8.13. The second-order valence-electron chi connectivity index (χ2n) is 14.8. The number of phenolic OH excluding ortho intramolecular Hbond substituents is 3. The van der Waals surface area contributed by atoms with E-state index in [1.54, 1.807) is 25.3 Å². The number of rotatable bonds is 11. The number of carbonyl (C=O) groups is 3. The molecule has 416 valence electrons. The van der Waals surface area contributed by atoms with Gasteiger partial charge in [-0.05, 0) is 89.0 Å². The van der Waals surface area contributed by atoms with Crippen LogP contribution in [0.4, 0.5) is 11.4 Å². The maximum Gasteiger partial charge on any atom is 0.353 e. The molecule has 78 heavy (non-hydrogen) atoms. The van der Waals surface area contributed by atoms with E-state index in [0.717, 1.165) is 66.5 Å².